The summed E-state index contributed by atoms with van der Waals surface area (Å²) in [6.45, 7) is 6.37. The normalized spacial score (nSPS) is 16.6. The van der Waals surface area contributed by atoms with Crippen LogP contribution >= 0.6 is 11.6 Å². The van der Waals surface area contributed by atoms with Crippen LogP contribution in [0.1, 0.15) is 32.3 Å². The Morgan fingerprint density at radius 2 is 1.94 bits per heavy atom. The predicted molar refractivity (Wildman–Crippen MR) is 73.0 cm³/mol. The Hall–Kier alpha value is -0.730. The van der Waals surface area contributed by atoms with E-state index in [9.17, 15) is 5.11 Å². The molecule has 1 aromatic rings. The molecule has 0 amide bonds. The third-order valence-corrected chi connectivity index (χ3v) is 3.87. The molecule has 0 atom stereocenters. The first-order chi connectivity index (χ1) is 8.04. The van der Waals surface area contributed by atoms with E-state index in [0.29, 0.717) is 0 Å². The van der Waals surface area contributed by atoms with Crippen LogP contribution in [0, 0.1) is 0 Å². The molecule has 0 unspecified atom stereocenters. The van der Waals surface area contributed by atoms with Gasteiger partial charge in [0.2, 0.25) is 0 Å². The molecule has 0 aliphatic carbocycles. The standard InChI is InChI=1S/C14H20ClNO/c1-14(2,10-17)11-5-6-13(12(15)9-11)16-7-3-4-8-16/h5-6,9,17H,3-4,7-8,10H2,1-2H3. The van der Waals surface area contributed by atoms with Crippen LogP contribution in [0.4, 0.5) is 5.69 Å². The summed E-state index contributed by atoms with van der Waals surface area (Å²) in [5.74, 6) is 0. The van der Waals surface area contributed by atoms with Crippen molar-refractivity contribution in [2.75, 3.05) is 24.6 Å². The Morgan fingerprint density at radius 3 is 2.47 bits per heavy atom. The average Bonchev–Trinajstić information content (AvgIpc) is 2.82. The Balaban J connectivity index is 2.28. The smallest absolute Gasteiger partial charge is 0.0642 e. The first kappa shape index (κ1) is 12.7. The second-order valence-electron chi connectivity index (χ2n) is 5.40. The zero-order valence-corrected chi connectivity index (χ0v) is 11.3. The average molecular weight is 254 g/mol. The molecule has 0 saturated carbocycles. The van der Waals surface area contributed by atoms with Gasteiger partial charge in [0.05, 0.1) is 17.3 Å². The van der Waals surface area contributed by atoms with E-state index in [-0.39, 0.29) is 12.0 Å². The van der Waals surface area contributed by atoms with E-state index < -0.39 is 0 Å². The lowest BCUT2D eigenvalue weighted by atomic mass is 9.85. The molecule has 1 fully saturated rings. The van der Waals surface area contributed by atoms with Crippen LogP contribution in [-0.4, -0.2) is 24.8 Å². The minimum Gasteiger partial charge on any atom is -0.395 e. The first-order valence-corrected chi connectivity index (χ1v) is 6.58. The maximum absolute atomic E-state index is 9.37. The lowest BCUT2D eigenvalue weighted by Crippen LogP contribution is -2.23. The summed E-state index contributed by atoms with van der Waals surface area (Å²) in [4.78, 5) is 2.33. The molecule has 1 heterocycles. The van der Waals surface area contributed by atoms with Gasteiger partial charge >= 0.3 is 0 Å². The fourth-order valence-electron chi connectivity index (χ4n) is 2.23. The van der Waals surface area contributed by atoms with Gasteiger partial charge in [-0.3, -0.25) is 0 Å². The van der Waals surface area contributed by atoms with Crippen LogP contribution < -0.4 is 4.90 Å². The Labute approximate surface area is 108 Å². The van der Waals surface area contributed by atoms with E-state index in [1.165, 1.54) is 12.8 Å². The van der Waals surface area contributed by atoms with Crippen molar-refractivity contribution in [2.24, 2.45) is 0 Å². The lowest BCUT2D eigenvalue weighted by molar-refractivity contribution is 0.218. The number of hydrogen-bond acceptors (Lipinski definition) is 2. The van der Waals surface area contributed by atoms with E-state index in [2.05, 4.69) is 17.0 Å². The van der Waals surface area contributed by atoms with Crippen molar-refractivity contribution < 1.29 is 5.11 Å². The molecule has 0 aromatic heterocycles. The minimum atomic E-state index is -0.229. The summed E-state index contributed by atoms with van der Waals surface area (Å²) in [7, 11) is 0. The second kappa shape index (κ2) is 4.87. The minimum absolute atomic E-state index is 0.131. The molecule has 1 aromatic carbocycles. The van der Waals surface area contributed by atoms with Gasteiger partial charge in [0.15, 0.2) is 0 Å². The van der Waals surface area contributed by atoms with Gasteiger partial charge in [-0.1, -0.05) is 31.5 Å². The van der Waals surface area contributed by atoms with Crippen LogP contribution in [-0.2, 0) is 5.41 Å². The SMILES string of the molecule is CC(C)(CO)c1ccc(N2CCCC2)c(Cl)c1. The quantitative estimate of drug-likeness (QED) is 0.894. The highest BCUT2D eigenvalue weighted by molar-refractivity contribution is 6.33. The first-order valence-electron chi connectivity index (χ1n) is 6.20. The summed E-state index contributed by atoms with van der Waals surface area (Å²) in [5.41, 5.74) is 1.99. The molecule has 17 heavy (non-hydrogen) atoms. The van der Waals surface area contributed by atoms with Gasteiger partial charge in [-0.25, -0.2) is 0 Å². The van der Waals surface area contributed by atoms with E-state index in [0.717, 1.165) is 29.4 Å². The Kier molecular flexibility index (Phi) is 3.64. The highest BCUT2D eigenvalue weighted by atomic mass is 35.5. The molecular weight excluding hydrogens is 234 g/mol. The molecule has 1 aliphatic heterocycles. The van der Waals surface area contributed by atoms with Crippen LogP contribution in [0.15, 0.2) is 18.2 Å². The molecule has 0 radical (unpaired) electrons. The van der Waals surface area contributed by atoms with Crippen molar-refractivity contribution in [1.82, 2.24) is 0 Å². The monoisotopic (exact) mass is 253 g/mol. The van der Waals surface area contributed by atoms with Crippen molar-refractivity contribution in [3.05, 3.63) is 28.8 Å². The fourth-order valence-corrected chi connectivity index (χ4v) is 2.53. The third-order valence-electron chi connectivity index (χ3n) is 3.57. The maximum atomic E-state index is 9.37. The van der Waals surface area contributed by atoms with Crippen LogP contribution in [0.5, 0.6) is 0 Å². The van der Waals surface area contributed by atoms with E-state index in [1.807, 2.05) is 19.9 Å². The summed E-state index contributed by atoms with van der Waals surface area (Å²) >= 11 is 6.35. The van der Waals surface area contributed by atoms with Crippen molar-refractivity contribution in [1.29, 1.82) is 0 Å². The molecular formula is C14H20ClNO. The van der Waals surface area contributed by atoms with Crippen LogP contribution in [0.25, 0.3) is 0 Å². The number of anilines is 1. The van der Waals surface area contributed by atoms with E-state index >= 15 is 0 Å². The number of rotatable bonds is 3. The zero-order chi connectivity index (χ0) is 12.5. The second-order valence-corrected chi connectivity index (χ2v) is 5.81. The Morgan fingerprint density at radius 1 is 1.29 bits per heavy atom. The summed E-state index contributed by atoms with van der Waals surface area (Å²) in [6.07, 6.45) is 2.50. The molecule has 0 bridgehead atoms. The maximum Gasteiger partial charge on any atom is 0.0642 e. The molecule has 1 saturated heterocycles. The van der Waals surface area contributed by atoms with Gasteiger partial charge < -0.3 is 10.0 Å². The van der Waals surface area contributed by atoms with E-state index in [1.54, 1.807) is 0 Å². The number of aliphatic hydroxyl groups is 1. The van der Waals surface area contributed by atoms with Gasteiger partial charge in [0.25, 0.3) is 0 Å². The van der Waals surface area contributed by atoms with Crippen LogP contribution in [0.2, 0.25) is 5.02 Å². The van der Waals surface area contributed by atoms with Gasteiger partial charge in [-0.15, -0.1) is 0 Å². The molecule has 2 nitrogen and oxygen atoms in total. The number of nitrogens with zero attached hydrogens (tertiary/aromatic N) is 1. The van der Waals surface area contributed by atoms with Gasteiger partial charge in [-0.05, 0) is 30.5 Å². The molecule has 1 aliphatic rings. The van der Waals surface area contributed by atoms with Crippen LogP contribution in [0.3, 0.4) is 0 Å². The summed E-state index contributed by atoms with van der Waals surface area (Å²) in [6, 6.07) is 6.15. The topological polar surface area (TPSA) is 23.5 Å². The zero-order valence-electron chi connectivity index (χ0n) is 10.5. The largest absolute Gasteiger partial charge is 0.395 e. The predicted octanol–water partition coefficient (Wildman–Crippen LogP) is 3.21. The third kappa shape index (κ3) is 2.58. The Bertz CT molecular complexity index is 397. The van der Waals surface area contributed by atoms with Crippen molar-refractivity contribution in [3.63, 3.8) is 0 Å². The highest BCUT2D eigenvalue weighted by Crippen LogP contribution is 2.33. The van der Waals surface area contributed by atoms with Gasteiger partial charge in [0, 0.05) is 18.5 Å². The molecule has 0 spiro atoms. The highest BCUT2D eigenvalue weighted by Gasteiger charge is 2.22. The number of hydrogen-bond donors (Lipinski definition) is 1. The lowest BCUT2D eigenvalue weighted by Gasteiger charge is -2.25. The summed E-state index contributed by atoms with van der Waals surface area (Å²) < 4.78 is 0. The van der Waals surface area contributed by atoms with Gasteiger partial charge in [0.1, 0.15) is 0 Å². The van der Waals surface area contributed by atoms with Crippen molar-refractivity contribution in [2.45, 2.75) is 32.1 Å². The van der Waals surface area contributed by atoms with Crippen molar-refractivity contribution in [3.8, 4) is 0 Å². The molecule has 3 heteroatoms. The number of halogens is 1. The molecule has 2 rings (SSSR count). The summed E-state index contributed by atoms with van der Waals surface area (Å²) in [5, 5.41) is 10.2. The molecule has 94 valence electrons. The number of benzene rings is 1. The fraction of sp³-hybridized carbons (Fsp3) is 0.571. The molecule has 1 N–H and O–H groups in total. The van der Waals surface area contributed by atoms with Crippen molar-refractivity contribution >= 4 is 17.3 Å². The van der Waals surface area contributed by atoms with E-state index in [4.69, 9.17) is 11.6 Å². The van der Waals surface area contributed by atoms with Gasteiger partial charge in [-0.2, -0.15) is 0 Å². The number of aliphatic hydroxyl groups excluding tert-OH is 1.